The van der Waals surface area contributed by atoms with E-state index in [9.17, 15) is 4.79 Å². The molecule has 1 fully saturated rings. The average molecular weight is 385 g/mol. The lowest BCUT2D eigenvalue weighted by molar-refractivity contribution is 0.0897. The number of nitrogens with two attached hydrogens (primary N) is 1. The molecule has 138 valence electrons. The van der Waals surface area contributed by atoms with E-state index in [1.807, 2.05) is 49.6 Å². The highest BCUT2D eigenvalue weighted by molar-refractivity contribution is 5.96. The molecule has 0 radical (unpaired) electrons. The van der Waals surface area contributed by atoms with Crippen LogP contribution in [-0.2, 0) is 0 Å². The molecule has 0 saturated heterocycles. The minimum atomic E-state index is -0.315. The average Bonchev–Trinajstić information content (AvgIpc) is 3.35. The smallest absolute Gasteiger partial charge is 0.253 e. The van der Waals surface area contributed by atoms with Gasteiger partial charge in [0.25, 0.3) is 5.91 Å². The molecule has 1 amide bonds. The standard InChI is InChI=1S/C18H24N4O.2ClH/c1-12-10-15(13(2)22(12)16-6-4-5-9-20-16)17(23)21-18(3,11-19)14-7-8-14;;/h4-6,9-10,14H,7-8,11,19H2,1-3H3,(H,21,23);2*1H. The molecule has 7 heteroatoms. The minimum Gasteiger partial charge on any atom is -0.345 e. The fourth-order valence-electron chi connectivity index (χ4n) is 3.20. The Morgan fingerprint density at radius 3 is 2.56 bits per heavy atom. The van der Waals surface area contributed by atoms with E-state index in [0.29, 0.717) is 18.0 Å². The monoisotopic (exact) mass is 384 g/mol. The first-order valence-corrected chi connectivity index (χ1v) is 8.09. The predicted octanol–water partition coefficient (Wildman–Crippen LogP) is 3.19. The number of nitrogens with zero attached hydrogens (tertiary/aromatic N) is 2. The summed E-state index contributed by atoms with van der Waals surface area (Å²) in [4.78, 5) is 17.2. The first-order valence-electron chi connectivity index (χ1n) is 8.09. The van der Waals surface area contributed by atoms with Gasteiger partial charge in [-0.1, -0.05) is 6.07 Å². The molecule has 25 heavy (non-hydrogen) atoms. The SMILES string of the molecule is Cc1cc(C(=O)NC(C)(CN)C2CC2)c(C)n1-c1ccccn1.Cl.Cl. The number of carbonyl (C=O) groups is 1. The van der Waals surface area contributed by atoms with Crippen LogP contribution in [-0.4, -0.2) is 27.5 Å². The molecule has 0 spiro atoms. The van der Waals surface area contributed by atoms with E-state index in [2.05, 4.69) is 10.3 Å². The highest BCUT2D eigenvalue weighted by atomic mass is 35.5. The number of pyridine rings is 1. The van der Waals surface area contributed by atoms with Crippen molar-refractivity contribution >= 4 is 30.7 Å². The van der Waals surface area contributed by atoms with Crippen LogP contribution in [0.4, 0.5) is 0 Å². The van der Waals surface area contributed by atoms with E-state index in [4.69, 9.17) is 5.73 Å². The highest BCUT2D eigenvalue weighted by Gasteiger charge is 2.42. The fourth-order valence-corrected chi connectivity index (χ4v) is 3.20. The van der Waals surface area contributed by atoms with Crippen molar-refractivity contribution in [1.29, 1.82) is 0 Å². The predicted molar refractivity (Wildman–Crippen MR) is 105 cm³/mol. The summed E-state index contributed by atoms with van der Waals surface area (Å²) >= 11 is 0. The molecule has 1 unspecified atom stereocenters. The molecule has 0 aliphatic heterocycles. The summed E-state index contributed by atoms with van der Waals surface area (Å²) in [7, 11) is 0. The van der Waals surface area contributed by atoms with Gasteiger partial charge in [0.15, 0.2) is 0 Å². The zero-order valence-corrected chi connectivity index (χ0v) is 16.4. The molecule has 3 N–H and O–H groups in total. The third-order valence-electron chi connectivity index (χ3n) is 4.86. The van der Waals surface area contributed by atoms with Gasteiger partial charge in [0.1, 0.15) is 5.82 Å². The molecule has 2 aromatic heterocycles. The largest absolute Gasteiger partial charge is 0.345 e. The second-order valence-corrected chi connectivity index (χ2v) is 6.66. The number of hydrogen-bond acceptors (Lipinski definition) is 3. The number of halogens is 2. The first kappa shape index (κ1) is 21.5. The maximum Gasteiger partial charge on any atom is 0.253 e. The molecule has 1 saturated carbocycles. The highest BCUT2D eigenvalue weighted by Crippen LogP contribution is 2.39. The summed E-state index contributed by atoms with van der Waals surface area (Å²) in [5, 5.41) is 3.16. The van der Waals surface area contributed by atoms with Gasteiger partial charge in [0.2, 0.25) is 0 Å². The van der Waals surface area contributed by atoms with Crippen molar-refractivity contribution in [3.05, 3.63) is 47.4 Å². The molecule has 2 heterocycles. The third-order valence-corrected chi connectivity index (χ3v) is 4.86. The normalized spacial score (nSPS) is 15.5. The summed E-state index contributed by atoms with van der Waals surface area (Å²) in [6.45, 7) is 6.44. The van der Waals surface area contributed by atoms with Crippen LogP contribution in [0, 0.1) is 19.8 Å². The topological polar surface area (TPSA) is 72.9 Å². The van der Waals surface area contributed by atoms with Gasteiger partial charge in [-0.15, -0.1) is 24.8 Å². The van der Waals surface area contributed by atoms with Crippen LogP contribution in [0.15, 0.2) is 30.5 Å². The summed E-state index contributed by atoms with van der Waals surface area (Å²) in [6, 6.07) is 7.69. The quantitative estimate of drug-likeness (QED) is 0.830. The van der Waals surface area contributed by atoms with Crippen LogP contribution in [0.25, 0.3) is 5.82 Å². The molecule has 1 atom stereocenters. The van der Waals surface area contributed by atoms with Crippen LogP contribution in [0.1, 0.15) is 41.5 Å². The molecule has 5 nitrogen and oxygen atoms in total. The maximum absolute atomic E-state index is 12.8. The Kier molecular flexibility index (Phi) is 7.06. The van der Waals surface area contributed by atoms with Crippen molar-refractivity contribution in [3.63, 3.8) is 0 Å². The van der Waals surface area contributed by atoms with Gasteiger partial charge in [-0.2, -0.15) is 0 Å². The Morgan fingerprint density at radius 1 is 1.36 bits per heavy atom. The van der Waals surface area contributed by atoms with Gasteiger partial charge in [0.05, 0.1) is 11.1 Å². The van der Waals surface area contributed by atoms with Gasteiger partial charge in [-0.05, 0) is 57.7 Å². The lowest BCUT2D eigenvalue weighted by Gasteiger charge is -2.29. The summed E-state index contributed by atoms with van der Waals surface area (Å²) in [5.41, 5.74) is 8.17. The number of rotatable bonds is 5. The van der Waals surface area contributed by atoms with Crippen LogP contribution in [0.2, 0.25) is 0 Å². The molecular weight excluding hydrogens is 359 g/mol. The number of nitrogens with one attached hydrogen (secondary N) is 1. The van der Waals surface area contributed by atoms with E-state index in [1.165, 1.54) is 0 Å². The van der Waals surface area contributed by atoms with Gasteiger partial charge in [-0.3, -0.25) is 4.79 Å². The van der Waals surface area contributed by atoms with Crippen LogP contribution < -0.4 is 11.1 Å². The number of aromatic nitrogens is 2. The Labute approximate surface area is 161 Å². The summed E-state index contributed by atoms with van der Waals surface area (Å²) in [6.07, 6.45) is 4.04. The molecule has 0 bridgehead atoms. The van der Waals surface area contributed by atoms with Gasteiger partial charge in [-0.25, -0.2) is 4.98 Å². The van der Waals surface area contributed by atoms with Crippen molar-refractivity contribution in [2.24, 2.45) is 11.7 Å². The molecule has 1 aliphatic rings. The van der Waals surface area contributed by atoms with Gasteiger partial charge >= 0.3 is 0 Å². The summed E-state index contributed by atoms with van der Waals surface area (Å²) in [5.74, 6) is 1.26. The fraction of sp³-hybridized carbons (Fsp3) is 0.444. The van der Waals surface area contributed by atoms with Crippen LogP contribution in [0.5, 0.6) is 0 Å². The number of amides is 1. The van der Waals surface area contributed by atoms with Crippen molar-refractivity contribution < 1.29 is 4.79 Å². The molecule has 0 aromatic carbocycles. The lowest BCUT2D eigenvalue weighted by Crippen LogP contribution is -2.53. The van der Waals surface area contributed by atoms with Crippen molar-refractivity contribution in [2.45, 2.75) is 39.2 Å². The molecular formula is C18H26Cl2N4O. The first-order chi connectivity index (χ1) is 11.0. The van der Waals surface area contributed by atoms with Gasteiger partial charge in [0, 0.05) is 24.1 Å². The molecule has 3 rings (SSSR count). The van der Waals surface area contributed by atoms with Crippen molar-refractivity contribution in [1.82, 2.24) is 14.9 Å². The Balaban J connectivity index is 0.00000156. The number of aryl methyl sites for hydroxylation is 1. The summed E-state index contributed by atoms with van der Waals surface area (Å²) < 4.78 is 2.01. The second kappa shape index (κ2) is 8.21. The van der Waals surface area contributed by atoms with Crippen LogP contribution >= 0.6 is 24.8 Å². The third kappa shape index (κ3) is 4.17. The number of carbonyl (C=O) groups excluding carboxylic acids is 1. The Bertz CT molecular complexity index is 728. The number of hydrogen-bond donors (Lipinski definition) is 2. The second-order valence-electron chi connectivity index (χ2n) is 6.66. The van der Waals surface area contributed by atoms with E-state index in [0.717, 1.165) is 30.0 Å². The van der Waals surface area contributed by atoms with E-state index >= 15 is 0 Å². The van der Waals surface area contributed by atoms with E-state index < -0.39 is 0 Å². The molecule has 1 aliphatic carbocycles. The Hall–Kier alpha value is -1.56. The maximum atomic E-state index is 12.8. The van der Waals surface area contributed by atoms with Gasteiger partial charge < -0.3 is 15.6 Å². The molecule has 2 aromatic rings. The zero-order valence-electron chi connectivity index (χ0n) is 14.8. The lowest BCUT2D eigenvalue weighted by atomic mass is 9.95. The van der Waals surface area contributed by atoms with E-state index in [1.54, 1.807) is 6.20 Å². The van der Waals surface area contributed by atoms with Crippen molar-refractivity contribution in [3.8, 4) is 5.82 Å². The van der Waals surface area contributed by atoms with Crippen molar-refractivity contribution in [2.75, 3.05) is 6.54 Å². The van der Waals surface area contributed by atoms with Crippen LogP contribution in [0.3, 0.4) is 0 Å². The van der Waals surface area contributed by atoms with E-state index in [-0.39, 0.29) is 36.3 Å². The minimum absolute atomic E-state index is 0. The Morgan fingerprint density at radius 2 is 2.04 bits per heavy atom. The zero-order chi connectivity index (χ0) is 16.6.